The number of thioether (sulfide) groups is 1. The molecule has 1 aromatic heterocycles. The van der Waals surface area contributed by atoms with Crippen LogP contribution in [0.15, 0.2) is 41.6 Å². The van der Waals surface area contributed by atoms with Crippen molar-refractivity contribution in [3.05, 3.63) is 47.9 Å². The van der Waals surface area contributed by atoms with Crippen LogP contribution in [0.2, 0.25) is 0 Å². The summed E-state index contributed by atoms with van der Waals surface area (Å²) in [7, 11) is 0. The number of anilines is 1. The topological polar surface area (TPSA) is 37.8 Å². The summed E-state index contributed by atoms with van der Waals surface area (Å²) in [6.45, 7) is 2.74. The Balaban J connectivity index is 1.97. The first kappa shape index (κ1) is 11.9. The fourth-order valence-electron chi connectivity index (χ4n) is 1.49. The van der Waals surface area contributed by atoms with Gasteiger partial charge in [0.1, 0.15) is 12.1 Å². The zero-order valence-corrected chi connectivity index (χ0v) is 10.8. The SMILES string of the molecule is CSc1ccc(CNc2cc(C)ncn2)cc1. The third-order valence-electron chi connectivity index (χ3n) is 2.44. The highest BCUT2D eigenvalue weighted by Crippen LogP contribution is 2.15. The van der Waals surface area contributed by atoms with E-state index in [0.717, 1.165) is 18.1 Å². The lowest BCUT2D eigenvalue weighted by Gasteiger charge is -2.06. The largest absolute Gasteiger partial charge is 0.366 e. The zero-order chi connectivity index (χ0) is 12.1. The highest BCUT2D eigenvalue weighted by Gasteiger charge is 1.96. The van der Waals surface area contributed by atoms with Gasteiger partial charge in [-0.1, -0.05) is 12.1 Å². The van der Waals surface area contributed by atoms with E-state index in [9.17, 15) is 0 Å². The lowest BCUT2D eigenvalue weighted by atomic mass is 10.2. The molecule has 0 fully saturated rings. The summed E-state index contributed by atoms with van der Waals surface area (Å²) in [6, 6.07) is 10.5. The molecule has 1 aromatic carbocycles. The van der Waals surface area contributed by atoms with E-state index in [4.69, 9.17) is 0 Å². The molecular formula is C13H15N3S. The Morgan fingerprint density at radius 2 is 1.94 bits per heavy atom. The van der Waals surface area contributed by atoms with E-state index >= 15 is 0 Å². The van der Waals surface area contributed by atoms with Crippen molar-refractivity contribution in [2.45, 2.75) is 18.4 Å². The van der Waals surface area contributed by atoms with Gasteiger partial charge in [-0.25, -0.2) is 9.97 Å². The number of hydrogen-bond acceptors (Lipinski definition) is 4. The number of aromatic nitrogens is 2. The predicted molar refractivity (Wildman–Crippen MR) is 72.3 cm³/mol. The fraction of sp³-hybridized carbons (Fsp3) is 0.231. The van der Waals surface area contributed by atoms with E-state index in [-0.39, 0.29) is 0 Å². The minimum atomic E-state index is 0.783. The van der Waals surface area contributed by atoms with Gasteiger partial charge in [0.25, 0.3) is 0 Å². The summed E-state index contributed by atoms with van der Waals surface area (Å²) >= 11 is 1.75. The second-order valence-electron chi connectivity index (χ2n) is 3.75. The molecule has 0 unspecified atom stereocenters. The number of nitrogens with zero attached hydrogens (tertiary/aromatic N) is 2. The number of hydrogen-bond donors (Lipinski definition) is 1. The summed E-state index contributed by atoms with van der Waals surface area (Å²) in [5.41, 5.74) is 2.22. The van der Waals surface area contributed by atoms with Gasteiger partial charge in [-0.2, -0.15) is 0 Å². The summed E-state index contributed by atoms with van der Waals surface area (Å²) in [4.78, 5) is 9.51. The molecule has 88 valence electrons. The van der Waals surface area contributed by atoms with Gasteiger partial charge >= 0.3 is 0 Å². The van der Waals surface area contributed by atoms with E-state index in [1.807, 2.05) is 13.0 Å². The van der Waals surface area contributed by atoms with E-state index in [0.29, 0.717) is 0 Å². The van der Waals surface area contributed by atoms with E-state index in [1.54, 1.807) is 18.1 Å². The van der Waals surface area contributed by atoms with Crippen LogP contribution in [0.25, 0.3) is 0 Å². The molecule has 17 heavy (non-hydrogen) atoms. The molecule has 0 aliphatic carbocycles. The summed E-state index contributed by atoms with van der Waals surface area (Å²) in [6.07, 6.45) is 3.66. The van der Waals surface area contributed by atoms with Crippen molar-refractivity contribution in [3.63, 3.8) is 0 Å². The van der Waals surface area contributed by atoms with Gasteiger partial charge in [0.2, 0.25) is 0 Å². The molecule has 1 heterocycles. The van der Waals surface area contributed by atoms with Crippen LogP contribution in [0.4, 0.5) is 5.82 Å². The van der Waals surface area contributed by atoms with Crippen LogP contribution >= 0.6 is 11.8 Å². The fourth-order valence-corrected chi connectivity index (χ4v) is 1.90. The molecule has 0 radical (unpaired) electrons. The maximum absolute atomic E-state index is 4.16. The molecule has 3 nitrogen and oxygen atoms in total. The number of rotatable bonds is 4. The Morgan fingerprint density at radius 1 is 1.18 bits per heavy atom. The maximum atomic E-state index is 4.16. The summed E-state index contributed by atoms with van der Waals surface area (Å²) < 4.78 is 0. The van der Waals surface area contributed by atoms with Crippen LogP contribution in [0, 0.1) is 6.92 Å². The Hall–Kier alpha value is -1.55. The third-order valence-corrected chi connectivity index (χ3v) is 3.18. The molecule has 0 spiro atoms. The molecule has 2 rings (SSSR count). The molecule has 0 saturated heterocycles. The van der Waals surface area contributed by atoms with E-state index in [1.165, 1.54) is 10.5 Å². The van der Waals surface area contributed by atoms with E-state index in [2.05, 4.69) is 45.8 Å². The predicted octanol–water partition coefficient (Wildman–Crippen LogP) is 3.12. The van der Waals surface area contributed by atoms with Gasteiger partial charge in [-0.15, -0.1) is 11.8 Å². The van der Waals surface area contributed by atoms with Crippen LogP contribution < -0.4 is 5.32 Å². The zero-order valence-electron chi connectivity index (χ0n) is 9.97. The van der Waals surface area contributed by atoms with Gasteiger partial charge in [-0.05, 0) is 30.9 Å². The Bertz CT molecular complexity index is 482. The first-order valence-corrected chi connectivity index (χ1v) is 6.66. The molecule has 1 N–H and O–H groups in total. The van der Waals surface area contributed by atoms with E-state index < -0.39 is 0 Å². The number of aryl methyl sites for hydroxylation is 1. The smallest absolute Gasteiger partial charge is 0.129 e. The van der Waals surface area contributed by atoms with Gasteiger partial charge < -0.3 is 5.32 Å². The Morgan fingerprint density at radius 3 is 2.59 bits per heavy atom. The maximum Gasteiger partial charge on any atom is 0.129 e. The monoisotopic (exact) mass is 245 g/mol. The van der Waals surface area contributed by atoms with Crippen molar-refractivity contribution in [2.75, 3.05) is 11.6 Å². The molecule has 2 aromatic rings. The number of benzene rings is 1. The van der Waals surface area contributed by atoms with Crippen LogP contribution in [0.5, 0.6) is 0 Å². The van der Waals surface area contributed by atoms with Crippen molar-refractivity contribution in [3.8, 4) is 0 Å². The average Bonchev–Trinajstić information content (AvgIpc) is 2.37. The molecule has 4 heteroatoms. The Kier molecular flexibility index (Phi) is 3.98. The minimum absolute atomic E-state index is 0.783. The lowest BCUT2D eigenvalue weighted by molar-refractivity contribution is 1.05. The van der Waals surface area contributed by atoms with Gasteiger partial charge in [0.05, 0.1) is 0 Å². The summed E-state index contributed by atoms with van der Waals surface area (Å²) in [5, 5.41) is 3.28. The quantitative estimate of drug-likeness (QED) is 0.840. The van der Waals surface area contributed by atoms with Crippen molar-refractivity contribution >= 4 is 17.6 Å². The van der Waals surface area contributed by atoms with Gasteiger partial charge in [0.15, 0.2) is 0 Å². The highest BCUT2D eigenvalue weighted by molar-refractivity contribution is 7.98. The van der Waals surface area contributed by atoms with Crippen molar-refractivity contribution in [2.24, 2.45) is 0 Å². The second kappa shape index (κ2) is 5.68. The molecule has 0 atom stereocenters. The molecule has 0 saturated carbocycles. The molecule has 0 aliphatic rings. The molecule has 0 bridgehead atoms. The molecule has 0 aliphatic heterocycles. The summed E-state index contributed by atoms with van der Waals surface area (Å²) in [5.74, 6) is 0.867. The standard InChI is InChI=1S/C13H15N3S/c1-10-7-13(16-9-15-10)14-8-11-3-5-12(17-2)6-4-11/h3-7,9H,8H2,1-2H3,(H,14,15,16). The minimum Gasteiger partial charge on any atom is -0.366 e. The first-order chi connectivity index (χ1) is 8.28. The lowest BCUT2D eigenvalue weighted by Crippen LogP contribution is -2.01. The second-order valence-corrected chi connectivity index (χ2v) is 4.63. The highest BCUT2D eigenvalue weighted by atomic mass is 32.2. The van der Waals surface area contributed by atoms with Crippen LogP contribution in [0.3, 0.4) is 0 Å². The normalized spacial score (nSPS) is 10.2. The van der Waals surface area contributed by atoms with Crippen LogP contribution in [0.1, 0.15) is 11.3 Å². The Labute approximate surface area is 106 Å². The van der Waals surface area contributed by atoms with Crippen molar-refractivity contribution in [1.82, 2.24) is 9.97 Å². The third kappa shape index (κ3) is 3.46. The molecular weight excluding hydrogens is 230 g/mol. The average molecular weight is 245 g/mol. The van der Waals surface area contributed by atoms with Gasteiger partial charge in [0, 0.05) is 23.2 Å². The first-order valence-electron chi connectivity index (χ1n) is 5.43. The molecule has 0 amide bonds. The van der Waals surface area contributed by atoms with Crippen molar-refractivity contribution < 1.29 is 0 Å². The van der Waals surface area contributed by atoms with Gasteiger partial charge in [-0.3, -0.25) is 0 Å². The van der Waals surface area contributed by atoms with Crippen LogP contribution in [-0.4, -0.2) is 16.2 Å². The van der Waals surface area contributed by atoms with Crippen LogP contribution in [-0.2, 0) is 6.54 Å². The number of nitrogens with one attached hydrogen (secondary N) is 1. The van der Waals surface area contributed by atoms with Crippen molar-refractivity contribution in [1.29, 1.82) is 0 Å².